The minimum Gasteiger partial charge on any atom is -0.383 e. The Morgan fingerprint density at radius 2 is 2.20 bits per heavy atom. The largest absolute Gasteiger partial charge is 0.383 e. The summed E-state index contributed by atoms with van der Waals surface area (Å²) in [7, 11) is 1.73. The highest BCUT2D eigenvalue weighted by Crippen LogP contribution is 2.36. The molecule has 3 heterocycles. The topological polar surface area (TPSA) is 43.2 Å². The summed E-state index contributed by atoms with van der Waals surface area (Å²) in [6.45, 7) is 3.83. The van der Waals surface area contributed by atoms with Crippen LogP contribution in [0.15, 0.2) is 24.3 Å². The van der Waals surface area contributed by atoms with E-state index in [1.165, 1.54) is 32.4 Å². The van der Waals surface area contributed by atoms with Crippen molar-refractivity contribution in [1.29, 1.82) is 0 Å². The number of methoxy groups -OCH3 is 1. The Balaban J connectivity index is 1.63. The molecule has 5 nitrogen and oxygen atoms in total. The normalized spacial score (nSPS) is 23.8. The number of ether oxygens (including phenoxy) is 1. The van der Waals surface area contributed by atoms with Crippen LogP contribution in [0.3, 0.4) is 0 Å². The van der Waals surface area contributed by atoms with Crippen molar-refractivity contribution in [2.24, 2.45) is 0 Å². The Kier molecular flexibility index (Phi) is 5.06. The Morgan fingerprint density at radius 1 is 1.28 bits per heavy atom. The van der Waals surface area contributed by atoms with Gasteiger partial charge in [-0.05, 0) is 50.9 Å². The molecule has 25 heavy (non-hydrogen) atoms. The van der Waals surface area contributed by atoms with Gasteiger partial charge in [-0.2, -0.15) is 5.10 Å². The second-order valence-electron chi connectivity index (χ2n) is 7.07. The van der Waals surface area contributed by atoms with E-state index in [4.69, 9.17) is 26.4 Å². The minimum absolute atomic E-state index is 0.483. The summed E-state index contributed by atoms with van der Waals surface area (Å²) >= 11 is 6.15. The lowest BCUT2D eigenvalue weighted by molar-refractivity contribution is 0.166. The molecule has 2 saturated heterocycles. The maximum atomic E-state index is 6.15. The highest BCUT2D eigenvalue weighted by Gasteiger charge is 2.34. The maximum absolute atomic E-state index is 6.15. The molecule has 0 radical (unpaired) electrons. The number of benzene rings is 1. The standard InChI is InChI=1S/C19H25ClN4O/c1-25-11-10-24-19(15-7-9-23-8-3-6-17(23)13-15)21-18(22-24)14-4-2-5-16(20)12-14/h2,4-5,12,15,17H,3,6-11,13H2,1H3. The van der Waals surface area contributed by atoms with Crippen LogP contribution >= 0.6 is 11.6 Å². The van der Waals surface area contributed by atoms with Crippen LogP contribution in [0.4, 0.5) is 0 Å². The van der Waals surface area contributed by atoms with Crippen molar-refractivity contribution < 1.29 is 4.74 Å². The van der Waals surface area contributed by atoms with Gasteiger partial charge in [-0.25, -0.2) is 9.67 Å². The summed E-state index contributed by atoms with van der Waals surface area (Å²) in [6.07, 6.45) is 5.02. The number of rotatable bonds is 5. The molecule has 2 fully saturated rings. The average molecular weight is 361 g/mol. The Labute approximate surface area is 153 Å². The smallest absolute Gasteiger partial charge is 0.181 e. The molecule has 0 N–H and O–H groups in total. The second kappa shape index (κ2) is 7.44. The van der Waals surface area contributed by atoms with Gasteiger partial charge < -0.3 is 9.64 Å². The molecule has 0 amide bonds. The van der Waals surface area contributed by atoms with E-state index < -0.39 is 0 Å². The number of piperidine rings is 1. The molecule has 134 valence electrons. The molecular weight excluding hydrogens is 336 g/mol. The number of aromatic nitrogens is 3. The number of hydrogen-bond acceptors (Lipinski definition) is 4. The summed E-state index contributed by atoms with van der Waals surface area (Å²) in [4.78, 5) is 7.57. The molecule has 0 saturated carbocycles. The summed E-state index contributed by atoms with van der Waals surface area (Å²) < 4.78 is 7.32. The van der Waals surface area contributed by atoms with Gasteiger partial charge in [-0.15, -0.1) is 0 Å². The monoisotopic (exact) mass is 360 g/mol. The van der Waals surface area contributed by atoms with Gasteiger partial charge >= 0.3 is 0 Å². The molecule has 0 spiro atoms. The number of hydrogen-bond donors (Lipinski definition) is 0. The van der Waals surface area contributed by atoms with Gasteiger partial charge in [0.05, 0.1) is 13.2 Å². The van der Waals surface area contributed by atoms with Gasteiger partial charge in [0, 0.05) is 29.7 Å². The lowest BCUT2D eigenvalue weighted by Gasteiger charge is -2.34. The van der Waals surface area contributed by atoms with E-state index >= 15 is 0 Å². The van der Waals surface area contributed by atoms with Crippen molar-refractivity contribution in [1.82, 2.24) is 19.7 Å². The molecule has 6 heteroatoms. The van der Waals surface area contributed by atoms with Gasteiger partial charge in [0.1, 0.15) is 5.82 Å². The van der Waals surface area contributed by atoms with Gasteiger partial charge in [0.25, 0.3) is 0 Å². The third-order valence-corrected chi connectivity index (χ3v) is 5.71. The zero-order chi connectivity index (χ0) is 17.2. The van der Waals surface area contributed by atoms with E-state index in [-0.39, 0.29) is 0 Å². The van der Waals surface area contributed by atoms with Crippen molar-refractivity contribution in [2.75, 3.05) is 26.8 Å². The SMILES string of the molecule is COCCn1nc(-c2cccc(Cl)c2)nc1C1CCN2CCCC2C1. The first-order chi connectivity index (χ1) is 12.2. The molecule has 1 aromatic heterocycles. The molecule has 0 bridgehead atoms. The maximum Gasteiger partial charge on any atom is 0.181 e. The van der Waals surface area contributed by atoms with E-state index in [2.05, 4.69) is 9.58 Å². The highest BCUT2D eigenvalue weighted by atomic mass is 35.5. The van der Waals surface area contributed by atoms with E-state index in [1.54, 1.807) is 7.11 Å². The van der Waals surface area contributed by atoms with Gasteiger partial charge in [-0.3, -0.25) is 0 Å². The molecule has 2 aliphatic heterocycles. The predicted molar refractivity (Wildman–Crippen MR) is 98.9 cm³/mol. The minimum atomic E-state index is 0.483. The van der Waals surface area contributed by atoms with Crippen molar-refractivity contribution in [3.8, 4) is 11.4 Å². The Bertz CT molecular complexity index is 732. The van der Waals surface area contributed by atoms with E-state index in [1.807, 2.05) is 24.3 Å². The van der Waals surface area contributed by atoms with E-state index in [9.17, 15) is 0 Å². The van der Waals surface area contributed by atoms with Crippen LogP contribution in [0.25, 0.3) is 11.4 Å². The number of fused-ring (bicyclic) bond motifs is 1. The second-order valence-corrected chi connectivity index (χ2v) is 7.51. The van der Waals surface area contributed by atoms with Crippen LogP contribution in [0, 0.1) is 0 Å². The fourth-order valence-corrected chi connectivity index (χ4v) is 4.40. The molecular formula is C19H25ClN4O. The predicted octanol–water partition coefficient (Wildman–Crippen LogP) is 3.59. The van der Waals surface area contributed by atoms with Crippen LogP contribution < -0.4 is 0 Å². The van der Waals surface area contributed by atoms with Crippen molar-refractivity contribution in [2.45, 2.75) is 44.2 Å². The molecule has 2 aliphatic rings. The first kappa shape index (κ1) is 17.0. The van der Waals surface area contributed by atoms with Crippen LogP contribution in [0.1, 0.15) is 37.4 Å². The van der Waals surface area contributed by atoms with Gasteiger partial charge in [-0.1, -0.05) is 23.7 Å². The van der Waals surface area contributed by atoms with E-state index in [0.29, 0.717) is 17.5 Å². The number of halogens is 1. The first-order valence-electron chi connectivity index (χ1n) is 9.18. The first-order valence-corrected chi connectivity index (χ1v) is 9.56. The van der Waals surface area contributed by atoms with Crippen LogP contribution in [-0.2, 0) is 11.3 Å². The van der Waals surface area contributed by atoms with Crippen molar-refractivity contribution in [3.63, 3.8) is 0 Å². The molecule has 2 aromatic rings. The summed E-state index contributed by atoms with van der Waals surface area (Å²) in [5.74, 6) is 2.36. The molecule has 4 rings (SSSR count). The van der Waals surface area contributed by atoms with E-state index in [0.717, 1.165) is 36.2 Å². The quantitative estimate of drug-likeness (QED) is 0.817. The summed E-state index contributed by atoms with van der Waals surface area (Å²) in [6, 6.07) is 8.50. The number of nitrogens with zero attached hydrogens (tertiary/aromatic N) is 4. The van der Waals surface area contributed by atoms with Crippen molar-refractivity contribution >= 4 is 11.6 Å². The van der Waals surface area contributed by atoms with Crippen LogP contribution in [0.5, 0.6) is 0 Å². The van der Waals surface area contributed by atoms with Crippen LogP contribution in [0.2, 0.25) is 5.02 Å². The average Bonchev–Trinajstić information content (AvgIpc) is 3.26. The zero-order valence-electron chi connectivity index (χ0n) is 14.7. The highest BCUT2D eigenvalue weighted by molar-refractivity contribution is 6.30. The van der Waals surface area contributed by atoms with Crippen molar-refractivity contribution in [3.05, 3.63) is 35.1 Å². The molecule has 1 aromatic carbocycles. The summed E-state index contributed by atoms with van der Waals surface area (Å²) in [5.41, 5.74) is 0.975. The summed E-state index contributed by atoms with van der Waals surface area (Å²) in [5, 5.41) is 5.49. The lowest BCUT2D eigenvalue weighted by Crippen LogP contribution is -2.37. The molecule has 2 atom stereocenters. The fraction of sp³-hybridized carbons (Fsp3) is 0.579. The lowest BCUT2D eigenvalue weighted by atomic mass is 9.90. The molecule has 0 aliphatic carbocycles. The molecule has 2 unspecified atom stereocenters. The van der Waals surface area contributed by atoms with Gasteiger partial charge in [0.2, 0.25) is 0 Å². The fourth-order valence-electron chi connectivity index (χ4n) is 4.21. The zero-order valence-corrected chi connectivity index (χ0v) is 15.5. The van der Waals surface area contributed by atoms with Crippen LogP contribution in [-0.4, -0.2) is 52.5 Å². The third kappa shape index (κ3) is 3.59. The van der Waals surface area contributed by atoms with Gasteiger partial charge in [0.15, 0.2) is 5.82 Å². The Morgan fingerprint density at radius 3 is 3.04 bits per heavy atom. The Hall–Kier alpha value is -1.43. The third-order valence-electron chi connectivity index (χ3n) is 5.48.